The number of rotatable bonds is 4. The van der Waals surface area contributed by atoms with Gasteiger partial charge in [0.2, 0.25) is 0 Å². The maximum absolute atomic E-state index is 9.01. The molecule has 94 valence electrons. The number of methoxy groups -OCH3 is 1. The van der Waals surface area contributed by atoms with E-state index in [1.165, 1.54) is 36.0 Å². The Morgan fingerprint density at radius 1 is 1.35 bits per heavy atom. The minimum Gasteiger partial charge on any atom is -0.495 e. The smallest absolute Gasteiger partial charge is 0.136 e. The summed E-state index contributed by atoms with van der Waals surface area (Å²) in [6, 6.07) is 2.20. The second-order valence-corrected chi connectivity index (χ2v) is 5.40. The van der Waals surface area contributed by atoms with Crippen molar-refractivity contribution in [2.24, 2.45) is 0 Å². The first-order valence-electron chi connectivity index (χ1n) is 6.26. The summed E-state index contributed by atoms with van der Waals surface area (Å²) in [5.74, 6) is 0.958. The minimum absolute atomic E-state index is 0.241. The van der Waals surface area contributed by atoms with Crippen molar-refractivity contribution in [1.82, 2.24) is 0 Å². The molecule has 0 unspecified atom stereocenters. The number of aryl methyl sites for hydroxylation is 1. The summed E-state index contributed by atoms with van der Waals surface area (Å²) in [5.41, 5.74) is 4.22. The van der Waals surface area contributed by atoms with Gasteiger partial charge in [0.05, 0.1) is 11.6 Å². The molecule has 1 aromatic carbocycles. The van der Waals surface area contributed by atoms with Crippen LogP contribution in [-0.4, -0.2) is 18.8 Å². The molecule has 1 N–H and O–H groups in total. The molecule has 2 nitrogen and oxygen atoms in total. The average molecular weight is 299 g/mol. The highest BCUT2D eigenvalue weighted by molar-refractivity contribution is 9.10. The number of hydrogen-bond acceptors (Lipinski definition) is 2. The van der Waals surface area contributed by atoms with Crippen molar-refractivity contribution in [3.05, 3.63) is 27.2 Å². The van der Waals surface area contributed by atoms with Gasteiger partial charge in [0.15, 0.2) is 0 Å². The van der Waals surface area contributed by atoms with Crippen LogP contribution in [0.25, 0.3) is 0 Å². The fourth-order valence-corrected chi connectivity index (χ4v) is 3.35. The lowest BCUT2D eigenvalue weighted by Crippen LogP contribution is -2.09. The van der Waals surface area contributed by atoms with Crippen LogP contribution < -0.4 is 4.74 Å². The number of hydrogen-bond donors (Lipinski definition) is 1. The first-order valence-corrected chi connectivity index (χ1v) is 7.05. The summed E-state index contributed by atoms with van der Waals surface area (Å²) < 4.78 is 6.56. The van der Waals surface area contributed by atoms with Gasteiger partial charge in [0.1, 0.15) is 5.75 Å². The maximum atomic E-state index is 9.01. The number of halogens is 1. The van der Waals surface area contributed by atoms with Crippen molar-refractivity contribution in [2.75, 3.05) is 13.7 Å². The second kappa shape index (κ2) is 5.87. The molecule has 17 heavy (non-hydrogen) atoms. The summed E-state index contributed by atoms with van der Waals surface area (Å²) in [7, 11) is 1.72. The van der Waals surface area contributed by atoms with Crippen molar-refractivity contribution in [1.29, 1.82) is 0 Å². The first-order chi connectivity index (χ1) is 8.27. The summed E-state index contributed by atoms with van der Waals surface area (Å²) >= 11 is 3.59. The maximum Gasteiger partial charge on any atom is 0.136 e. The van der Waals surface area contributed by atoms with Gasteiger partial charge < -0.3 is 9.84 Å². The van der Waals surface area contributed by atoms with Gasteiger partial charge in [-0.15, -0.1) is 0 Å². The van der Waals surface area contributed by atoms with Crippen molar-refractivity contribution in [3.63, 3.8) is 0 Å². The van der Waals surface area contributed by atoms with E-state index in [2.05, 4.69) is 22.0 Å². The third-order valence-electron chi connectivity index (χ3n) is 3.46. The molecule has 0 spiro atoms. The fraction of sp³-hybridized carbons (Fsp3) is 0.571. The average Bonchev–Trinajstić information content (AvgIpc) is 2.35. The van der Waals surface area contributed by atoms with Gasteiger partial charge in [-0.25, -0.2) is 0 Å². The molecule has 0 radical (unpaired) electrons. The number of aliphatic hydroxyl groups excluding tert-OH is 1. The molecular weight excluding hydrogens is 280 g/mol. The summed E-state index contributed by atoms with van der Waals surface area (Å²) in [4.78, 5) is 0. The van der Waals surface area contributed by atoms with E-state index in [-0.39, 0.29) is 6.61 Å². The molecule has 1 aromatic rings. The van der Waals surface area contributed by atoms with Gasteiger partial charge in [-0.3, -0.25) is 0 Å². The SMILES string of the molecule is COc1c(Br)cc2c(c1CCCO)CCCC2. The van der Waals surface area contributed by atoms with Crippen LogP contribution in [0.3, 0.4) is 0 Å². The van der Waals surface area contributed by atoms with E-state index in [4.69, 9.17) is 9.84 Å². The summed E-state index contributed by atoms with van der Waals surface area (Å²) in [5, 5.41) is 9.01. The molecule has 2 rings (SSSR count). The van der Waals surface area contributed by atoms with Crippen LogP contribution in [0, 0.1) is 0 Å². The standard InChI is InChI=1S/C14H19BrO2/c1-17-14-12(7-4-8-16)11-6-3-2-5-10(11)9-13(14)15/h9,16H,2-8H2,1H3. The van der Waals surface area contributed by atoms with Crippen LogP contribution >= 0.6 is 15.9 Å². The van der Waals surface area contributed by atoms with E-state index in [0.717, 1.165) is 29.5 Å². The lowest BCUT2D eigenvalue weighted by Gasteiger charge is -2.23. The zero-order valence-electron chi connectivity index (χ0n) is 10.3. The Balaban J connectivity index is 2.45. The Morgan fingerprint density at radius 3 is 2.82 bits per heavy atom. The van der Waals surface area contributed by atoms with Gasteiger partial charge in [-0.05, 0) is 77.2 Å². The minimum atomic E-state index is 0.241. The van der Waals surface area contributed by atoms with E-state index >= 15 is 0 Å². The summed E-state index contributed by atoms with van der Waals surface area (Å²) in [6.07, 6.45) is 6.58. The van der Waals surface area contributed by atoms with Gasteiger partial charge in [-0.1, -0.05) is 0 Å². The van der Waals surface area contributed by atoms with Crippen molar-refractivity contribution in [3.8, 4) is 5.75 Å². The molecule has 0 atom stereocenters. The third kappa shape index (κ3) is 2.66. The van der Waals surface area contributed by atoms with Gasteiger partial charge >= 0.3 is 0 Å². The molecule has 0 amide bonds. The highest BCUT2D eigenvalue weighted by Crippen LogP contribution is 2.38. The Kier molecular flexibility index (Phi) is 4.46. The molecule has 0 heterocycles. The van der Waals surface area contributed by atoms with Crippen molar-refractivity contribution < 1.29 is 9.84 Å². The van der Waals surface area contributed by atoms with Crippen LogP contribution in [0.1, 0.15) is 36.0 Å². The largest absolute Gasteiger partial charge is 0.495 e. The Morgan fingerprint density at radius 2 is 2.12 bits per heavy atom. The molecule has 1 aliphatic carbocycles. The first kappa shape index (κ1) is 12.9. The predicted octanol–water partition coefficient (Wildman–Crippen LogP) is 3.26. The Bertz CT molecular complexity index is 402. The van der Waals surface area contributed by atoms with Crippen LogP contribution in [0.15, 0.2) is 10.5 Å². The van der Waals surface area contributed by atoms with Crippen molar-refractivity contribution in [2.45, 2.75) is 38.5 Å². The van der Waals surface area contributed by atoms with Crippen molar-refractivity contribution >= 4 is 15.9 Å². The molecule has 0 fully saturated rings. The fourth-order valence-electron chi connectivity index (χ4n) is 2.67. The molecule has 0 saturated carbocycles. The van der Waals surface area contributed by atoms with Crippen LogP contribution in [0.4, 0.5) is 0 Å². The van der Waals surface area contributed by atoms with E-state index < -0.39 is 0 Å². The number of fused-ring (bicyclic) bond motifs is 1. The molecule has 0 bridgehead atoms. The normalized spacial score (nSPS) is 14.5. The van der Waals surface area contributed by atoms with Gasteiger partial charge in [0, 0.05) is 6.61 Å². The van der Waals surface area contributed by atoms with E-state index in [0.29, 0.717) is 0 Å². The van der Waals surface area contributed by atoms with Gasteiger partial charge in [0.25, 0.3) is 0 Å². The number of benzene rings is 1. The van der Waals surface area contributed by atoms with Crippen LogP contribution in [-0.2, 0) is 19.3 Å². The lowest BCUT2D eigenvalue weighted by atomic mass is 9.86. The molecule has 0 aromatic heterocycles. The summed E-state index contributed by atoms with van der Waals surface area (Å²) in [6.45, 7) is 0.241. The van der Waals surface area contributed by atoms with E-state index in [9.17, 15) is 0 Å². The molecule has 0 aliphatic heterocycles. The molecule has 3 heteroatoms. The van der Waals surface area contributed by atoms with E-state index in [1.807, 2.05) is 0 Å². The number of aliphatic hydroxyl groups is 1. The highest BCUT2D eigenvalue weighted by Gasteiger charge is 2.19. The Hall–Kier alpha value is -0.540. The quantitative estimate of drug-likeness (QED) is 0.924. The van der Waals surface area contributed by atoms with E-state index in [1.54, 1.807) is 7.11 Å². The Labute approximate surface area is 111 Å². The number of ether oxygens (including phenoxy) is 1. The van der Waals surface area contributed by atoms with Crippen LogP contribution in [0.5, 0.6) is 5.75 Å². The molecular formula is C14H19BrO2. The zero-order valence-corrected chi connectivity index (χ0v) is 11.8. The van der Waals surface area contributed by atoms with Crippen LogP contribution in [0.2, 0.25) is 0 Å². The molecule has 1 aliphatic rings. The third-order valence-corrected chi connectivity index (χ3v) is 4.04. The topological polar surface area (TPSA) is 29.5 Å². The monoisotopic (exact) mass is 298 g/mol. The van der Waals surface area contributed by atoms with Gasteiger partial charge in [-0.2, -0.15) is 0 Å². The lowest BCUT2D eigenvalue weighted by molar-refractivity contribution is 0.287. The highest BCUT2D eigenvalue weighted by atomic mass is 79.9. The molecule has 0 saturated heterocycles. The second-order valence-electron chi connectivity index (χ2n) is 4.54. The zero-order chi connectivity index (χ0) is 12.3. The predicted molar refractivity (Wildman–Crippen MR) is 72.7 cm³/mol.